The second kappa shape index (κ2) is 5.98. The molecule has 0 unspecified atom stereocenters. The van der Waals surface area contributed by atoms with E-state index in [1.165, 1.54) is 0 Å². The summed E-state index contributed by atoms with van der Waals surface area (Å²) >= 11 is 0. The molecule has 4 nitrogen and oxygen atoms in total. The van der Waals surface area contributed by atoms with Crippen LogP contribution in [0.1, 0.15) is 26.2 Å². The third kappa shape index (κ3) is 2.96. The van der Waals surface area contributed by atoms with E-state index in [-0.39, 0.29) is 18.6 Å². The second-order valence-corrected chi connectivity index (χ2v) is 3.51. The Kier molecular flexibility index (Phi) is 4.90. The molecule has 0 aromatic rings. The quantitative estimate of drug-likeness (QED) is 0.655. The average molecular weight is 201 g/mol. The van der Waals surface area contributed by atoms with Gasteiger partial charge in [0, 0.05) is 13.2 Å². The number of aliphatic hydroxyl groups excluding tert-OH is 1. The van der Waals surface area contributed by atoms with Gasteiger partial charge in [0.1, 0.15) is 0 Å². The highest BCUT2D eigenvalue weighted by atomic mass is 16.5. The highest BCUT2D eigenvalue weighted by Gasteiger charge is 2.27. The van der Waals surface area contributed by atoms with Crippen molar-refractivity contribution >= 4 is 5.91 Å². The van der Waals surface area contributed by atoms with Crippen molar-refractivity contribution in [3.8, 4) is 0 Å². The third-order valence-corrected chi connectivity index (χ3v) is 2.57. The number of nitrogens with zero attached hydrogens (tertiary/aromatic N) is 1. The van der Waals surface area contributed by atoms with Crippen LogP contribution < -0.4 is 0 Å². The molecular weight excluding hydrogens is 182 g/mol. The maximum absolute atomic E-state index is 11.6. The van der Waals surface area contributed by atoms with Gasteiger partial charge in [0.25, 0.3) is 0 Å². The molecule has 1 fully saturated rings. The monoisotopic (exact) mass is 201 g/mol. The van der Waals surface area contributed by atoms with Crippen LogP contribution in [0.25, 0.3) is 0 Å². The zero-order valence-corrected chi connectivity index (χ0v) is 8.74. The maximum atomic E-state index is 11.6. The van der Waals surface area contributed by atoms with E-state index in [2.05, 4.69) is 0 Å². The van der Waals surface area contributed by atoms with Crippen LogP contribution in [0.5, 0.6) is 0 Å². The molecule has 0 radical (unpaired) electrons. The van der Waals surface area contributed by atoms with Gasteiger partial charge in [-0.2, -0.15) is 0 Å². The Morgan fingerprint density at radius 2 is 2.43 bits per heavy atom. The van der Waals surface area contributed by atoms with Gasteiger partial charge in [0.2, 0.25) is 5.91 Å². The molecule has 1 N–H and O–H groups in total. The molecule has 82 valence electrons. The number of aliphatic hydroxyl groups is 1. The van der Waals surface area contributed by atoms with Gasteiger partial charge in [-0.25, -0.2) is 0 Å². The lowest BCUT2D eigenvalue weighted by Crippen LogP contribution is -2.38. The number of likely N-dealkylation sites (tertiary alicyclic amines) is 1. The van der Waals surface area contributed by atoms with Gasteiger partial charge < -0.3 is 14.7 Å². The van der Waals surface area contributed by atoms with Crippen LogP contribution in [-0.4, -0.2) is 48.3 Å². The number of amides is 1. The van der Waals surface area contributed by atoms with Crippen LogP contribution in [0, 0.1) is 0 Å². The highest BCUT2D eigenvalue weighted by Crippen LogP contribution is 2.17. The average Bonchev–Trinajstić information content (AvgIpc) is 2.65. The van der Waals surface area contributed by atoms with Crippen molar-refractivity contribution in [1.82, 2.24) is 4.90 Å². The Morgan fingerprint density at radius 3 is 3.07 bits per heavy atom. The van der Waals surface area contributed by atoms with Crippen LogP contribution in [-0.2, 0) is 9.53 Å². The fourth-order valence-corrected chi connectivity index (χ4v) is 1.80. The minimum atomic E-state index is 0.0455. The van der Waals surface area contributed by atoms with Gasteiger partial charge in [-0.15, -0.1) is 0 Å². The minimum Gasteiger partial charge on any atom is -0.394 e. The Labute approximate surface area is 84.8 Å². The fourth-order valence-electron chi connectivity index (χ4n) is 1.80. The zero-order valence-electron chi connectivity index (χ0n) is 8.74. The van der Waals surface area contributed by atoms with E-state index < -0.39 is 0 Å². The summed E-state index contributed by atoms with van der Waals surface area (Å²) in [5, 5.41) is 9.03. The molecule has 1 aliphatic rings. The lowest BCUT2D eigenvalue weighted by molar-refractivity contribution is -0.133. The summed E-state index contributed by atoms with van der Waals surface area (Å²) in [6.45, 7) is 3.92. The second-order valence-electron chi connectivity index (χ2n) is 3.51. The first-order chi connectivity index (χ1) is 6.79. The van der Waals surface area contributed by atoms with E-state index >= 15 is 0 Å². The first-order valence-electron chi connectivity index (χ1n) is 5.27. The van der Waals surface area contributed by atoms with E-state index in [1.807, 2.05) is 6.92 Å². The molecule has 1 saturated heterocycles. The molecule has 0 saturated carbocycles. The maximum Gasteiger partial charge on any atom is 0.225 e. The van der Waals surface area contributed by atoms with Gasteiger partial charge in [-0.1, -0.05) is 0 Å². The minimum absolute atomic E-state index is 0.0455. The van der Waals surface area contributed by atoms with E-state index in [9.17, 15) is 4.79 Å². The topological polar surface area (TPSA) is 49.8 Å². The molecule has 1 amide bonds. The Balaban J connectivity index is 2.28. The molecule has 1 atom stereocenters. The number of carbonyl (C=O) groups excluding carboxylic acids is 1. The van der Waals surface area contributed by atoms with Crippen molar-refractivity contribution in [3.05, 3.63) is 0 Å². The number of ether oxygens (including phenoxy) is 1. The first-order valence-corrected chi connectivity index (χ1v) is 5.27. The number of hydrogen-bond donors (Lipinski definition) is 1. The van der Waals surface area contributed by atoms with Gasteiger partial charge in [0.05, 0.1) is 25.7 Å². The van der Waals surface area contributed by atoms with Crippen LogP contribution in [0.2, 0.25) is 0 Å². The van der Waals surface area contributed by atoms with Crippen LogP contribution in [0.3, 0.4) is 0 Å². The lowest BCUT2D eigenvalue weighted by Gasteiger charge is -2.22. The number of carbonyl (C=O) groups is 1. The van der Waals surface area contributed by atoms with Crippen molar-refractivity contribution in [1.29, 1.82) is 0 Å². The van der Waals surface area contributed by atoms with Gasteiger partial charge >= 0.3 is 0 Å². The predicted octanol–water partition coefficient (Wildman–Crippen LogP) is 0.396. The standard InChI is InChI=1S/C10H19NO3/c1-2-14-7-5-10(13)11-6-3-4-9(11)8-12/h9,12H,2-8H2,1H3/t9-/m1/s1. The summed E-state index contributed by atoms with van der Waals surface area (Å²) in [5.41, 5.74) is 0. The summed E-state index contributed by atoms with van der Waals surface area (Å²) in [4.78, 5) is 13.4. The van der Waals surface area contributed by atoms with Crippen molar-refractivity contribution in [3.63, 3.8) is 0 Å². The van der Waals surface area contributed by atoms with Crippen LogP contribution in [0.15, 0.2) is 0 Å². The van der Waals surface area contributed by atoms with Gasteiger partial charge in [-0.3, -0.25) is 4.79 Å². The molecule has 0 spiro atoms. The smallest absolute Gasteiger partial charge is 0.225 e. The molecule has 1 heterocycles. The van der Waals surface area contributed by atoms with Crippen LogP contribution in [0.4, 0.5) is 0 Å². The molecular formula is C10H19NO3. The Hall–Kier alpha value is -0.610. The number of rotatable bonds is 5. The van der Waals surface area contributed by atoms with Gasteiger partial charge in [-0.05, 0) is 19.8 Å². The lowest BCUT2D eigenvalue weighted by atomic mass is 10.2. The molecule has 0 bridgehead atoms. The van der Waals surface area contributed by atoms with E-state index in [0.29, 0.717) is 19.6 Å². The predicted molar refractivity (Wildman–Crippen MR) is 52.9 cm³/mol. The molecule has 4 heteroatoms. The van der Waals surface area contributed by atoms with Crippen molar-refractivity contribution in [2.24, 2.45) is 0 Å². The molecule has 0 aromatic heterocycles. The van der Waals surface area contributed by atoms with Crippen molar-refractivity contribution in [2.75, 3.05) is 26.4 Å². The Morgan fingerprint density at radius 1 is 1.64 bits per heavy atom. The van der Waals surface area contributed by atoms with Crippen molar-refractivity contribution < 1.29 is 14.6 Å². The fraction of sp³-hybridized carbons (Fsp3) is 0.900. The normalized spacial score (nSPS) is 21.6. The molecule has 1 aliphatic heterocycles. The highest BCUT2D eigenvalue weighted by molar-refractivity contribution is 5.76. The largest absolute Gasteiger partial charge is 0.394 e. The van der Waals surface area contributed by atoms with E-state index in [1.54, 1.807) is 4.90 Å². The van der Waals surface area contributed by atoms with E-state index in [0.717, 1.165) is 19.4 Å². The molecule has 0 aromatic carbocycles. The number of hydrogen-bond acceptors (Lipinski definition) is 3. The SMILES string of the molecule is CCOCCC(=O)N1CCC[C@@H]1CO. The third-order valence-electron chi connectivity index (χ3n) is 2.57. The van der Waals surface area contributed by atoms with Crippen molar-refractivity contribution in [2.45, 2.75) is 32.2 Å². The summed E-state index contributed by atoms with van der Waals surface area (Å²) in [6, 6.07) is 0.0455. The molecule has 1 rings (SSSR count). The van der Waals surface area contributed by atoms with E-state index in [4.69, 9.17) is 9.84 Å². The van der Waals surface area contributed by atoms with Crippen LogP contribution >= 0.6 is 0 Å². The Bertz CT molecular complexity index is 184. The summed E-state index contributed by atoms with van der Waals surface area (Å²) < 4.78 is 5.12. The van der Waals surface area contributed by atoms with Gasteiger partial charge in [0.15, 0.2) is 0 Å². The molecule has 14 heavy (non-hydrogen) atoms. The zero-order chi connectivity index (χ0) is 10.4. The summed E-state index contributed by atoms with van der Waals surface area (Å²) in [7, 11) is 0. The summed E-state index contributed by atoms with van der Waals surface area (Å²) in [6.07, 6.45) is 2.37. The first kappa shape index (κ1) is 11.5. The summed E-state index contributed by atoms with van der Waals surface area (Å²) in [5.74, 6) is 0.106. The molecule has 0 aliphatic carbocycles.